The van der Waals surface area contributed by atoms with Crippen LogP contribution in [0.2, 0.25) is 0 Å². The summed E-state index contributed by atoms with van der Waals surface area (Å²) in [6, 6.07) is 0. The van der Waals surface area contributed by atoms with Gasteiger partial charge in [-0.2, -0.15) is 5.10 Å². The van der Waals surface area contributed by atoms with Crippen molar-refractivity contribution in [3.63, 3.8) is 0 Å². The summed E-state index contributed by atoms with van der Waals surface area (Å²) in [5.41, 5.74) is -0.0679. The number of hydrogen-bond acceptors (Lipinski definition) is 6. The molecule has 1 aromatic heterocycles. The minimum Gasteiger partial charge on any atom is -0.458 e. The number of H-pyrrole nitrogens is 1. The van der Waals surface area contributed by atoms with E-state index in [9.17, 15) is 13.2 Å². The lowest BCUT2D eigenvalue weighted by Crippen LogP contribution is -2.13. The van der Waals surface area contributed by atoms with E-state index in [-0.39, 0.29) is 29.5 Å². The normalized spacial score (nSPS) is 11.5. The third-order valence-corrected chi connectivity index (χ3v) is 3.49. The molecule has 9 heteroatoms. The molecule has 0 aromatic carbocycles. The lowest BCUT2D eigenvalue weighted by molar-refractivity contribution is 0.0377. The summed E-state index contributed by atoms with van der Waals surface area (Å²) < 4.78 is 32.3. The SMILES string of the molecule is CCc1[nH]nc(C(=O)OCCOC)c1S(=O)(=O)Cl. The van der Waals surface area contributed by atoms with E-state index in [0.29, 0.717) is 6.42 Å². The van der Waals surface area contributed by atoms with Gasteiger partial charge in [-0.25, -0.2) is 13.2 Å². The fourth-order valence-corrected chi connectivity index (χ4v) is 2.64. The third kappa shape index (κ3) is 3.44. The minimum absolute atomic E-state index is 0.00538. The first kappa shape index (κ1) is 14.9. The highest BCUT2D eigenvalue weighted by atomic mass is 35.7. The van der Waals surface area contributed by atoms with Crippen LogP contribution in [0.25, 0.3) is 0 Å². The van der Waals surface area contributed by atoms with Gasteiger partial charge in [0.25, 0.3) is 9.05 Å². The first-order chi connectivity index (χ1) is 8.41. The van der Waals surface area contributed by atoms with Crippen LogP contribution in [0.3, 0.4) is 0 Å². The van der Waals surface area contributed by atoms with Gasteiger partial charge in [-0.05, 0) is 6.42 Å². The molecular formula is C9H13ClN2O5S. The molecular weight excluding hydrogens is 284 g/mol. The van der Waals surface area contributed by atoms with E-state index < -0.39 is 15.0 Å². The van der Waals surface area contributed by atoms with Gasteiger partial charge in [-0.1, -0.05) is 6.92 Å². The molecule has 0 spiro atoms. The Morgan fingerprint density at radius 2 is 2.11 bits per heavy atom. The summed E-state index contributed by atoms with van der Waals surface area (Å²) >= 11 is 0. The zero-order valence-corrected chi connectivity index (χ0v) is 11.5. The van der Waals surface area contributed by atoms with Crippen molar-refractivity contribution in [2.24, 2.45) is 0 Å². The Morgan fingerprint density at radius 3 is 2.61 bits per heavy atom. The number of carbonyl (C=O) groups excluding carboxylic acids is 1. The Bertz CT molecular complexity index is 525. The number of aromatic amines is 1. The molecule has 0 fully saturated rings. The molecule has 1 heterocycles. The van der Waals surface area contributed by atoms with E-state index in [4.69, 9.17) is 20.2 Å². The number of rotatable bonds is 6. The van der Waals surface area contributed by atoms with Crippen molar-refractivity contribution in [1.82, 2.24) is 10.2 Å². The molecule has 0 amide bonds. The maximum Gasteiger partial charge on any atom is 0.360 e. The number of nitrogens with one attached hydrogen (secondary N) is 1. The van der Waals surface area contributed by atoms with Crippen LogP contribution in [0.4, 0.5) is 0 Å². The maximum absolute atomic E-state index is 11.6. The van der Waals surface area contributed by atoms with E-state index in [1.165, 1.54) is 7.11 Å². The molecule has 0 aliphatic carbocycles. The summed E-state index contributed by atoms with van der Waals surface area (Å²) in [4.78, 5) is 11.3. The number of aromatic nitrogens is 2. The Balaban J connectivity index is 3.03. The van der Waals surface area contributed by atoms with Gasteiger partial charge in [-0.3, -0.25) is 5.10 Å². The summed E-state index contributed by atoms with van der Waals surface area (Å²) in [5.74, 6) is -0.859. The van der Waals surface area contributed by atoms with Crippen molar-refractivity contribution >= 4 is 25.7 Å². The van der Waals surface area contributed by atoms with Crippen molar-refractivity contribution in [3.05, 3.63) is 11.4 Å². The second-order valence-corrected chi connectivity index (χ2v) is 5.80. The Kier molecular flexibility index (Phi) is 5.12. The fraction of sp³-hybridized carbons (Fsp3) is 0.556. The van der Waals surface area contributed by atoms with E-state index in [1.807, 2.05) is 0 Å². The molecule has 0 unspecified atom stereocenters. The van der Waals surface area contributed by atoms with E-state index in [2.05, 4.69) is 10.2 Å². The van der Waals surface area contributed by atoms with Crippen LogP contribution >= 0.6 is 10.7 Å². The molecule has 7 nitrogen and oxygen atoms in total. The highest BCUT2D eigenvalue weighted by molar-refractivity contribution is 8.13. The number of methoxy groups -OCH3 is 1. The molecule has 0 saturated carbocycles. The predicted molar refractivity (Wildman–Crippen MR) is 63.2 cm³/mol. The smallest absolute Gasteiger partial charge is 0.360 e. The van der Waals surface area contributed by atoms with Crippen LogP contribution in [0.5, 0.6) is 0 Å². The zero-order valence-electron chi connectivity index (χ0n) is 9.90. The molecule has 0 radical (unpaired) electrons. The molecule has 18 heavy (non-hydrogen) atoms. The molecule has 1 rings (SSSR count). The maximum atomic E-state index is 11.6. The van der Waals surface area contributed by atoms with Crippen LogP contribution in [0, 0.1) is 0 Å². The molecule has 1 aromatic rings. The summed E-state index contributed by atoms with van der Waals surface area (Å²) in [5, 5.41) is 6.08. The molecule has 0 bridgehead atoms. The molecule has 0 atom stereocenters. The number of halogens is 1. The van der Waals surface area contributed by atoms with Crippen LogP contribution in [0.15, 0.2) is 4.90 Å². The highest BCUT2D eigenvalue weighted by Gasteiger charge is 2.28. The summed E-state index contributed by atoms with van der Waals surface area (Å²) in [6.07, 6.45) is 0.347. The number of hydrogen-bond donors (Lipinski definition) is 1. The van der Waals surface area contributed by atoms with Crippen molar-refractivity contribution < 1.29 is 22.7 Å². The van der Waals surface area contributed by atoms with Crippen molar-refractivity contribution in [2.45, 2.75) is 18.2 Å². The van der Waals surface area contributed by atoms with Gasteiger partial charge in [0.15, 0.2) is 5.69 Å². The average molecular weight is 297 g/mol. The van der Waals surface area contributed by atoms with E-state index >= 15 is 0 Å². The molecule has 1 N–H and O–H groups in total. The average Bonchev–Trinajstić information content (AvgIpc) is 2.72. The van der Waals surface area contributed by atoms with Gasteiger partial charge in [0.2, 0.25) is 0 Å². The van der Waals surface area contributed by atoms with Crippen LogP contribution in [0.1, 0.15) is 23.1 Å². The van der Waals surface area contributed by atoms with Crippen molar-refractivity contribution in [3.8, 4) is 0 Å². The van der Waals surface area contributed by atoms with Crippen LogP contribution in [-0.4, -0.2) is 44.9 Å². The Hall–Kier alpha value is -1.12. The Labute approximate surface area is 109 Å². The van der Waals surface area contributed by atoms with Crippen molar-refractivity contribution in [1.29, 1.82) is 0 Å². The molecule has 0 aliphatic rings. The number of nitrogens with zero attached hydrogens (tertiary/aromatic N) is 1. The Morgan fingerprint density at radius 1 is 1.44 bits per heavy atom. The predicted octanol–water partition coefficient (Wildman–Crippen LogP) is 0.703. The van der Waals surface area contributed by atoms with Gasteiger partial charge in [0.1, 0.15) is 11.5 Å². The van der Waals surface area contributed by atoms with Gasteiger partial charge in [0.05, 0.1) is 12.3 Å². The van der Waals surface area contributed by atoms with Gasteiger partial charge in [-0.15, -0.1) is 0 Å². The third-order valence-electron chi connectivity index (χ3n) is 2.10. The first-order valence-electron chi connectivity index (χ1n) is 5.09. The van der Waals surface area contributed by atoms with Crippen LogP contribution in [-0.2, 0) is 24.9 Å². The van der Waals surface area contributed by atoms with E-state index in [1.54, 1.807) is 6.92 Å². The topological polar surface area (TPSA) is 98.3 Å². The quantitative estimate of drug-likeness (QED) is 0.471. The second-order valence-electron chi connectivity index (χ2n) is 3.30. The summed E-state index contributed by atoms with van der Waals surface area (Å²) in [6.45, 7) is 1.92. The molecule has 0 aliphatic heterocycles. The lowest BCUT2D eigenvalue weighted by atomic mass is 10.3. The standard InChI is InChI=1S/C9H13ClN2O5S/c1-3-6-8(18(10,14)15)7(12-11-6)9(13)17-5-4-16-2/h3-5H2,1-2H3,(H,11,12). The zero-order chi connectivity index (χ0) is 13.8. The largest absolute Gasteiger partial charge is 0.458 e. The van der Waals surface area contributed by atoms with E-state index in [0.717, 1.165) is 0 Å². The van der Waals surface area contributed by atoms with Crippen LogP contribution < -0.4 is 0 Å². The number of esters is 1. The number of carbonyl (C=O) groups is 1. The molecule has 102 valence electrons. The summed E-state index contributed by atoms with van der Waals surface area (Å²) in [7, 11) is 2.66. The minimum atomic E-state index is -4.06. The fourth-order valence-electron chi connectivity index (χ4n) is 1.29. The lowest BCUT2D eigenvalue weighted by Gasteiger charge is -2.03. The first-order valence-corrected chi connectivity index (χ1v) is 7.40. The van der Waals surface area contributed by atoms with Gasteiger partial charge >= 0.3 is 5.97 Å². The van der Waals surface area contributed by atoms with Gasteiger partial charge in [0, 0.05) is 17.8 Å². The monoisotopic (exact) mass is 296 g/mol. The number of aryl methyl sites for hydroxylation is 1. The second kappa shape index (κ2) is 6.17. The molecule has 0 saturated heterocycles. The highest BCUT2D eigenvalue weighted by Crippen LogP contribution is 2.23. The van der Waals surface area contributed by atoms with Gasteiger partial charge < -0.3 is 9.47 Å². The van der Waals surface area contributed by atoms with Crippen molar-refractivity contribution in [2.75, 3.05) is 20.3 Å². The number of ether oxygens (including phenoxy) is 2.